The lowest BCUT2D eigenvalue weighted by atomic mass is 9.89. The lowest BCUT2D eigenvalue weighted by molar-refractivity contribution is 0.197. The summed E-state index contributed by atoms with van der Waals surface area (Å²) in [5.74, 6) is 0.770. The predicted molar refractivity (Wildman–Crippen MR) is 68.1 cm³/mol. The van der Waals surface area contributed by atoms with E-state index in [0.29, 0.717) is 0 Å². The molecule has 0 aromatic rings. The zero-order valence-corrected chi connectivity index (χ0v) is 11.3. The first-order chi connectivity index (χ1) is 7.46. The molecule has 0 aromatic carbocycles. The van der Waals surface area contributed by atoms with Gasteiger partial charge in [0.1, 0.15) is 0 Å². The van der Waals surface area contributed by atoms with Crippen molar-refractivity contribution in [2.24, 2.45) is 11.3 Å². The van der Waals surface area contributed by atoms with Crippen molar-refractivity contribution in [3.05, 3.63) is 0 Å². The molecule has 92 valence electrons. The van der Waals surface area contributed by atoms with Crippen molar-refractivity contribution in [1.29, 1.82) is 5.26 Å². The third-order valence-corrected chi connectivity index (χ3v) is 3.73. The number of nitrogens with zero attached hydrogens (tertiary/aromatic N) is 2. The maximum atomic E-state index is 8.96. The van der Waals surface area contributed by atoms with Crippen molar-refractivity contribution in [3.63, 3.8) is 0 Å². The van der Waals surface area contributed by atoms with Crippen LogP contribution in [0.4, 0.5) is 0 Å². The maximum absolute atomic E-state index is 8.96. The molecule has 1 heterocycles. The highest BCUT2D eigenvalue weighted by Crippen LogP contribution is 2.26. The normalized spacial score (nSPS) is 22.6. The van der Waals surface area contributed by atoms with Gasteiger partial charge < -0.3 is 4.90 Å². The van der Waals surface area contributed by atoms with Gasteiger partial charge in [-0.05, 0) is 58.5 Å². The third-order valence-electron chi connectivity index (χ3n) is 3.73. The van der Waals surface area contributed by atoms with E-state index >= 15 is 0 Å². The smallest absolute Gasteiger partial charge is 0.0683 e. The van der Waals surface area contributed by atoms with Crippen LogP contribution < -0.4 is 0 Å². The first kappa shape index (κ1) is 13.5. The number of hydrogen-bond acceptors (Lipinski definition) is 2. The second-order valence-corrected chi connectivity index (χ2v) is 6.09. The van der Waals surface area contributed by atoms with E-state index in [9.17, 15) is 0 Å². The van der Waals surface area contributed by atoms with Gasteiger partial charge in [0, 0.05) is 6.04 Å². The fraction of sp³-hybridized carbons (Fsp3) is 0.929. The lowest BCUT2D eigenvalue weighted by Crippen LogP contribution is -2.34. The molecule has 1 unspecified atom stereocenters. The van der Waals surface area contributed by atoms with Crippen LogP contribution in [0.15, 0.2) is 0 Å². The van der Waals surface area contributed by atoms with Crippen LogP contribution in [0.1, 0.15) is 53.4 Å². The van der Waals surface area contributed by atoms with Gasteiger partial charge in [-0.15, -0.1) is 0 Å². The zero-order chi connectivity index (χ0) is 12.2. The van der Waals surface area contributed by atoms with Crippen molar-refractivity contribution < 1.29 is 0 Å². The van der Waals surface area contributed by atoms with E-state index in [1.54, 1.807) is 0 Å². The van der Waals surface area contributed by atoms with Gasteiger partial charge in [0.05, 0.1) is 11.5 Å². The van der Waals surface area contributed by atoms with E-state index in [0.717, 1.165) is 24.8 Å². The lowest BCUT2D eigenvalue weighted by Gasteiger charge is -2.28. The number of nitriles is 1. The summed E-state index contributed by atoms with van der Waals surface area (Å²) in [5, 5.41) is 8.96. The van der Waals surface area contributed by atoms with Gasteiger partial charge >= 0.3 is 0 Å². The molecule has 1 aliphatic heterocycles. The Hall–Kier alpha value is -0.550. The SMILES string of the molecule is CC(C)C1CCCN1CCCC(C)(C)C#N. The highest BCUT2D eigenvalue weighted by Gasteiger charge is 2.27. The van der Waals surface area contributed by atoms with Crippen molar-refractivity contribution >= 4 is 0 Å². The van der Waals surface area contributed by atoms with Crippen molar-refractivity contribution in [2.75, 3.05) is 13.1 Å². The highest BCUT2D eigenvalue weighted by atomic mass is 15.2. The summed E-state index contributed by atoms with van der Waals surface area (Å²) in [6, 6.07) is 3.16. The molecule has 0 saturated carbocycles. The van der Waals surface area contributed by atoms with E-state index in [1.807, 2.05) is 13.8 Å². The van der Waals surface area contributed by atoms with Gasteiger partial charge in [-0.25, -0.2) is 0 Å². The van der Waals surface area contributed by atoms with Crippen LogP contribution in [0.3, 0.4) is 0 Å². The van der Waals surface area contributed by atoms with Crippen molar-refractivity contribution in [2.45, 2.75) is 59.4 Å². The summed E-state index contributed by atoms with van der Waals surface area (Å²) in [6.45, 7) is 11.2. The summed E-state index contributed by atoms with van der Waals surface area (Å²) in [6.07, 6.45) is 4.89. The molecule has 16 heavy (non-hydrogen) atoms. The van der Waals surface area contributed by atoms with Crippen LogP contribution >= 0.6 is 0 Å². The zero-order valence-electron chi connectivity index (χ0n) is 11.3. The molecule has 2 nitrogen and oxygen atoms in total. The molecule has 1 fully saturated rings. The third kappa shape index (κ3) is 3.79. The number of likely N-dealkylation sites (tertiary alicyclic amines) is 1. The molecular weight excluding hydrogens is 196 g/mol. The Morgan fingerprint density at radius 1 is 1.44 bits per heavy atom. The van der Waals surface area contributed by atoms with Crippen LogP contribution in [-0.4, -0.2) is 24.0 Å². The van der Waals surface area contributed by atoms with Crippen LogP contribution in [-0.2, 0) is 0 Å². The Kier molecular flexibility index (Phi) is 4.80. The van der Waals surface area contributed by atoms with Crippen LogP contribution in [0, 0.1) is 22.7 Å². The van der Waals surface area contributed by atoms with Gasteiger partial charge in [0.2, 0.25) is 0 Å². The predicted octanol–water partition coefficient (Wildman–Crippen LogP) is 3.44. The largest absolute Gasteiger partial charge is 0.300 e. The summed E-state index contributed by atoms with van der Waals surface area (Å²) in [4.78, 5) is 2.62. The minimum absolute atomic E-state index is 0.146. The first-order valence-electron chi connectivity index (χ1n) is 6.61. The Morgan fingerprint density at radius 2 is 2.12 bits per heavy atom. The summed E-state index contributed by atoms with van der Waals surface area (Å²) in [5.41, 5.74) is -0.146. The fourth-order valence-electron chi connectivity index (χ4n) is 2.66. The van der Waals surface area contributed by atoms with Crippen LogP contribution in [0.2, 0.25) is 0 Å². The molecule has 1 rings (SSSR count). The van der Waals surface area contributed by atoms with Gasteiger partial charge in [-0.2, -0.15) is 5.26 Å². The molecule has 0 radical (unpaired) electrons. The summed E-state index contributed by atoms with van der Waals surface area (Å²) in [7, 11) is 0. The number of rotatable bonds is 5. The molecule has 0 bridgehead atoms. The Morgan fingerprint density at radius 3 is 2.69 bits per heavy atom. The monoisotopic (exact) mass is 222 g/mol. The first-order valence-corrected chi connectivity index (χ1v) is 6.61. The standard InChI is InChI=1S/C14H26N2/c1-12(2)13-7-5-9-16(13)10-6-8-14(3,4)11-15/h12-13H,5-10H2,1-4H3. The number of hydrogen-bond donors (Lipinski definition) is 0. The molecule has 1 atom stereocenters. The second-order valence-electron chi connectivity index (χ2n) is 6.09. The molecule has 1 saturated heterocycles. The molecule has 0 amide bonds. The van der Waals surface area contributed by atoms with Gasteiger partial charge in [0.25, 0.3) is 0 Å². The molecule has 1 aliphatic rings. The van der Waals surface area contributed by atoms with E-state index < -0.39 is 0 Å². The van der Waals surface area contributed by atoms with Crippen LogP contribution in [0.5, 0.6) is 0 Å². The molecule has 0 aliphatic carbocycles. The Bertz CT molecular complexity index is 250. The summed E-state index contributed by atoms with van der Waals surface area (Å²) >= 11 is 0. The molecule has 2 heteroatoms. The van der Waals surface area contributed by atoms with Crippen molar-refractivity contribution in [1.82, 2.24) is 4.90 Å². The Labute approximate surface area is 101 Å². The minimum Gasteiger partial charge on any atom is -0.300 e. The van der Waals surface area contributed by atoms with E-state index in [4.69, 9.17) is 5.26 Å². The van der Waals surface area contributed by atoms with Gasteiger partial charge in [-0.1, -0.05) is 13.8 Å². The Balaban J connectivity index is 2.30. The van der Waals surface area contributed by atoms with Gasteiger partial charge in [0.15, 0.2) is 0 Å². The van der Waals surface area contributed by atoms with Gasteiger partial charge in [-0.3, -0.25) is 0 Å². The second kappa shape index (κ2) is 5.68. The maximum Gasteiger partial charge on any atom is 0.0683 e. The molecule has 0 spiro atoms. The molecular formula is C14H26N2. The van der Waals surface area contributed by atoms with E-state index in [1.165, 1.54) is 25.9 Å². The van der Waals surface area contributed by atoms with E-state index in [-0.39, 0.29) is 5.41 Å². The van der Waals surface area contributed by atoms with Crippen LogP contribution in [0.25, 0.3) is 0 Å². The average molecular weight is 222 g/mol. The highest BCUT2D eigenvalue weighted by molar-refractivity contribution is 4.92. The quantitative estimate of drug-likeness (QED) is 0.712. The minimum atomic E-state index is -0.146. The topological polar surface area (TPSA) is 27.0 Å². The average Bonchev–Trinajstić information content (AvgIpc) is 2.66. The van der Waals surface area contributed by atoms with E-state index in [2.05, 4.69) is 24.8 Å². The fourth-order valence-corrected chi connectivity index (χ4v) is 2.66. The molecule has 0 aromatic heterocycles. The summed E-state index contributed by atoms with van der Waals surface area (Å²) < 4.78 is 0. The van der Waals surface area contributed by atoms with Crippen molar-refractivity contribution in [3.8, 4) is 6.07 Å². The molecule has 0 N–H and O–H groups in total.